The van der Waals surface area contributed by atoms with E-state index in [0.717, 1.165) is 32.1 Å². The number of primary amides is 1. The van der Waals surface area contributed by atoms with Gasteiger partial charge in [0, 0.05) is 29.2 Å². The number of alkyl halides is 2. The second kappa shape index (κ2) is 10.2. The number of piperidine rings is 1. The lowest BCUT2D eigenvalue weighted by molar-refractivity contribution is -0.144. The van der Waals surface area contributed by atoms with Crippen LogP contribution in [0.15, 0.2) is 0 Å². The van der Waals surface area contributed by atoms with Crippen molar-refractivity contribution in [2.24, 2.45) is 45.7 Å². The van der Waals surface area contributed by atoms with Crippen molar-refractivity contribution in [1.29, 1.82) is 0 Å². The Balaban J connectivity index is 1.33. The number of carbonyl (C=O) groups excluding carboxylic acids is 5. The fourth-order valence-electron chi connectivity index (χ4n) is 8.10. The van der Waals surface area contributed by atoms with Crippen molar-refractivity contribution in [1.82, 2.24) is 15.5 Å². The number of ketones is 1. The molecule has 4 unspecified atom stereocenters. The van der Waals surface area contributed by atoms with Gasteiger partial charge in [-0.1, -0.05) is 54.4 Å². The number of hydrogen-bond acceptors (Lipinski definition) is 6. The lowest BCUT2D eigenvalue weighted by Crippen LogP contribution is -2.61. The number of alkyl carbamates (subject to hydrolysis) is 1. The molecule has 5 rings (SSSR count). The van der Waals surface area contributed by atoms with Gasteiger partial charge in [-0.3, -0.25) is 19.2 Å². The highest BCUT2D eigenvalue weighted by atomic mass is 35.5. The van der Waals surface area contributed by atoms with E-state index in [0.29, 0.717) is 12.3 Å². The Morgan fingerprint density at radius 1 is 1.05 bits per heavy atom. The number of halogens is 2. The number of hydrogen-bond donors (Lipinski definition) is 3. The zero-order valence-corrected chi connectivity index (χ0v) is 26.8. The summed E-state index contributed by atoms with van der Waals surface area (Å²) in [6.07, 6.45) is 4.26. The summed E-state index contributed by atoms with van der Waals surface area (Å²) in [5.74, 6) is -3.30. The number of nitrogens with two attached hydrogens (primary N) is 1. The number of nitrogens with zero attached hydrogens (tertiary/aromatic N) is 1. The Bertz CT molecular complexity index is 1190. The molecular formula is C30H44Cl2N4O6. The van der Waals surface area contributed by atoms with Crippen molar-refractivity contribution >= 4 is 52.8 Å². The van der Waals surface area contributed by atoms with Crippen LogP contribution >= 0.6 is 23.2 Å². The first-order valence-electron chi connectivity index (χ1n) is 15.1. The summed E-state index contributed by atoms with van der Waals surface area (Å²) in [6, 6.07) is -3.18. The summed E-state index contributed by atoms with van der Waals surface area (Å²) in [5.41, 5.74) is 4.25. The van der Waals surface area contributed by atoms with Crippen LogP contribution in [0.4, 0.5) is 4.79 Å². The van der Waals surface area contributed by atoms with Gasteiger partial charge in [0.15, 0.2) is 0 Å². The van der Waals surface area contributed by atoms with Crippen molar-refractivity contribution in [3.8, 4) is 0 Å². The van der Waals surface area contributed by atoms with Gasteiger partial charge < -0.3 is 26.0 Å². The Morgan fingerprint density at radius 3 is 2.21 bits per heavy atom. The van der Waals surface area contributed by atoms with E-state index in [1.165, 1.54) is 4.90 Å². The van der Waals surface area contributed by atoms with Gasteiger partial charge in [0.25, 0.3) is 5.91 Å². The van der Waals surface area contributed by atoms with Gasteiger partial charge in [0.1, 0.15) is 22.5 Å². The summed E-state index contributed by atoms with van der Waals surface area (Å²) in [6.45, 7) is 12.0. The van der Waals surface area contributed by atoms with E-state index in [9.17, 15) is 24.0 Å². The van der Waals surface area contributed by atoms with Crippen LogP contribution in [-0.2, 0) is 23.9 Å². The normalized spacial score (nSPS) is 35.1. The summed E-state index contributed by atoms with van der Waals surface area (Å²) >= 11 is 13.0. The molecule has 10 nitrogen and oxygen atoms in total. The molecule has 42 heavy (non-hydrogen) atoms. The minimum atomic E-state index is -1.20. The first-order chi connectivity index (χ1) is 19.3. The molecule has 1 saturated heterocycles. The van der Waals surface area contributed by atoms with E-state index >= 15 is 0 Å². The molecule has 0 spiro atoms. The van der Waals surface area contributed by atoms with Crippen LogP contribution in [0.2, 0.25) is 0 Å². The van der Waals surface area contributed by atoms with Crippen molar-refractivity contribution < 1.29 is 28.7 Å². The van der Waals surface area contributed by atoms with Gasteiger partial charge in [-0.2, -0.15) is 0 Å². The number of nitrogens with one attached hydrogen (secondary N) is 2. The quantitative estimate of drug-likeness (QED) is 0.264. The number of ether oxygens (including phenoxy) is 1. The third-order valence-corrected chi connectivity index (χ3v) is 11.8. The molecule has 5 fully saturated rings. The Labute approximate surface area is 257 Å². The monoisotopic (exact) mass is 626 g/mol. The molecule has 0 radical (unpaired) electrons. The first-order valence-corrected chi connectivity index (χ1v) is 15.8. The predicted molar refractivity (Wildman–Crippen MR) is 156 cm³/mol. The minimum absolute atomic E-state index is 0.102. The number of carbonyl (C=O) groups is 5. The van der Waals surface area contributed by atoms with Crippen molar-refractivity contribution in [2.45, 2.75) is 109 Å². The minimum Gasteiger partial charge on any atom is -0.445 e. The molecule has 12 heteroatoms. The zero-order chi connectivity index (χ0) is 31.2. The van der Waals surface area contributed by atoms with Gasteiger partial charge >= 0.3 is 6.09 Å². The van der Waals surface area contributed by atoms with Crippen LogP contribution in [0, 0.1) is 39.9 Å². The average molecular weight is 628 g/mol. The van der Waals surface area contributed by atoms with E-state index in [-0.39, 0.29) is 35.3 Å². The molecule has 0 aromatic heterocycles. The number of fused-ring (bicyclic) bond motifs is 3. The van der Waals surface area contributed by atoms with E-state index in [2.05, 4.69) is 31.4 Å². The standard InChI is InChI=1S/C30H44Cl2N4O6/c1-27(2,3)21(35-26(41)42-25-28(4,5)15-9-10-29(25,6)12-15)24(40)36-13-16-18(30(16,31)32)19(36)23(39)34-17(11-14-7-8-14)20(37)22(33)38/h14-19,21,25H,7-13H2,1-6H3,(H2,33,38)(H,34,39)(H,35,41)/t15?,16-,17?,18-,19-,21+,25?,29?/m0/s1. The molecule has 234 valence electrons. The van der Waals surface area contributed by atoms with Crippen LogP contribution in [0.25, 0.3) is 0 Å². The Hall–Kier alpha value is -2.07. The molecule has 4 N–H and O–H groups in total. The van der Waals surface area contributed by atoms with Crippen LogP contribution in [0.3, 0.4) is 0 Å². The third-order valence-electron chi connectivity index (χ3n) is 10.8. The van der Waals surface area contributed by atoms with Gasteiger partial charge in [-0.15, -0.1) is 23.2 Å². The van der Waals surface area contributed by atoms with Crippen molar-refractivity contribution in [2.75, 3.05) is 6.54 Å². The average Bonchev–Trinajstić information content (AvgIpc) is 3.60. The molecule has 4 amide bonds. The molecule has 4 saturated carbocycles. The van der Waals surface area contributed by atoms with Crippen molar-refractivity contribution in [3.63, 3.8) is 0 Å². The molecule has 0 aromatic carbocycles. The summed E-state index contributed by atoms with van der Waals surface area (Å²) in [5, 5.41) is 5.50. The van der Waals surface area contributed by atoms with E-state index < -0.39 is 63.4 Å². The number of Topliss-reactive ketones (excluding diaryl/α,β-unsaturated/α-hetero) is 1. The lowest BCUT2D eigenvalue weighted by atomic mass is 9.70. The molecule has 0 aromatic rings. The van der Waals surface area contributed by atoms with E-state index in [1.807, 2.05) is 20.8 Å². The van der Waals surface area contributed by atoms with E-state index in [1.54, 1.807) is 0 Å². The van der Waals surface area contributed by atoms with Gasteiger partial charge in [0.05, 0.1) is 6.04 Å². The second-order valence-corrected chi connectivity index (χ2v) is 16.8. The third kappa shape index (κ3) is 5.39. The molecule has 5 aliphatic rings. The fraction of sp³-hybridized carbons (Fsp3) is 0.833. The van der Waals surface area contributed by atoms with Crippen LogP contribution in [0.1, 0.15) is 80.1 Å². The molecule has 1 heterocycles. The van der Waals surface area contributed by atoms with E-state index in [4.69, 9.17) is 33.7 Å². The maximum atomic E-state index is 14.1. The zero-order valence-electron chi connectivity index (χ0n) is 25.3. The number of likely N-dealkylation sites (tertiary alicyclic amines) is 1. The number of rotatable bonds is 9. The highest BCUT2D eigenvalue weighted by molar-refractivity contribution is 6.51. The fourth-order valence-corrected chi connectivity index (χ4v) is 8.93. The molecular weight excluding hydrogens is 583 g/mol. The first kappa shape index (κ1) is 31.4. The summed E-state index contributed by atoms with van der Waals surface area (Å²) in [4.78, 5) is 66.8. The smallest absolute Gasteiger partial charge is 0.408 e. The maximum absolute atomic E-state index is 14.1. The second-order valence-electron chi connectivity index (χ2n) is 15.4. The lowest BCUT2D eigenvalue weighted by Gasteiger charge is -2.42. The predicted octanol–water partition coefficient (Wildman–Crippen LogP) is 3.31. The largest absolute Gasteiger partial charge is 0.445 e. The maximum Gasteiger partial charge on any atom is 0.408 e. The Kier molecular flexibility index (Phi) is 7.65. The van der Waals surface area contributed by atoms with Crippen LogP contribution in [0.5, 0.6) is 0 Å². The topological polar surface area (TPSA) is 148 Å². The van der Waals surface area contributed by atoms with Crippen LogP contribution < -0.4 is 16.4 Å². The highest BCUT2D eigenvalue weighted by Gasteiger charge is 2.74. The van der Waals surface area contributed by atoms with Gasteiger partial charge in [-0.25, -0.2) is 4.79 Å². The van der Waals surface area contributed by atoms with Gasteiger partial charge in [-0.05, 0) is 42.9 Å². The summed E-state index contributed by atoms with van der Waals surface area (Å²) in [7, 11) is 0. The Morgan fingerprint density at radius 2 is 1.69 bits per heavy atom. The molecule has 2 bridgehead atoms. The van der Waals surface area contributed by atoms with Gasteiger partial charge in [0.2, 0.25) is 17.6 Å². The molecule has 4 aliphatic carbocycles. The molecule has 8 atom stereocenters. The van der Waals surface area contributed by atoms with Crippen LogP contribution in [-0.4, -0.2) is 69.6 Å². The molecule has 1 aliphatic heterocycles. The SMILES string of the molecule is CC12CCC(C1)C(C)(C)C2OC(=O)N[C@H](C(=O)N1C[C@H]2[C@@H]([C@H]1C(=O)NC(CC1CC1)C(=O)C(N)=O)C2(Cl)Cl)C(C)(C)C. The highest BCUT2D eigenvalue weighted by Crippen LogP contribution is 2.66. The summed E-state index contributed by atoms with van der Waals surface area (Å²) < 4.78 is 4.86. The number of amides is 4. The van der Waals surface area contributed by atoms with Crippen molar-refractivity contribution in [3.05, 3.63) is 0 Å².